The number of benzene rings is 2. The highest BCUT2D eigenvalue weighted by molar-refractivity contribution is 7.90. The molecule has 0 aliphatic carbocycles. The number of pyridine rings is 1. The van der Waals surface area contributed by atoms with E-state index in [2.05, 4.69) is 53.2 Å². The lowest BCUT2D eigenvalue weighted by molar-refractivity contribution is 0.327. The molecule has 0 unspecified atom stereocenters. The third-order valence-corrected chi connectivity index (χ3v) is 8.39. The minimum Gasteiger partial charge on any atom is -0.298 e. The molecule has 0 radical (unpaired) electrons. The third kappa shape index (κ3) is 4.97. The van der Waals surface area contributed by atoms with Gasteiger partial charge in [-0.3, -0.25) is 9.88 Å². The van der Waals surface area contributed by atoms with E-state index in [0.29, 0.717) is 4.90 Å². The first-order chi connectivity index (χ1) is 16.4. The molecule has 4 aromatic rings. The third-order valence-electron chi connectivity index (χ3n) is 6.11. The van der Waals surface area contributed by atoms with Crippen molar-refractivity contribution >= 4 is 21.2 Å². The van der Waals surface area contributed by atoms with Crippen molar-refractivity contribution in [2.45, 2.75) is 31.2 Å². The van der Waals surface area contributed by atoms with Gasteiger partial charge in [0.1, 0.15) is 5.01 Å². The molecule has 2 aromatic carbocycles. The van der Waals surface area contributed by atoms with Crippen molar-refractivity contribution in [1.29, 1.82) is 0 Å². The molecular formula is C27H27N3O2S2. The lowest BCUT2D eigenvalue weighted by atomic mass is 10.0. The van der Waals surface area contributed by atoms with Crippen molar-refractivity contribution in [3.8, 4) is 32.3 Å². The zero-order chi connectivity index (χ0) is 23.7. The zero-order valence-corrected chi connectivity index (χ0v) is 21.0. The van der Waals surface area contributed by atoms with E-state index in [4.69, 9.17) is 4.98 Å². The fourth-order valence-electron chi connectivity index (χ4n) is 4.35. The highest BCUT2D eigenvalue weighted by atomic mass is 32.2. The summed E-state index contributed by atoms with van der Waals surface area (Å²) in [6.07, 6.45) is 5.63. The molecule has 5 nitrogen and oxygen atoms in total. The normalized spacial score (nSPS) is 14.5. The lowest BCUT2D eigenvalue weighted by Gasteiger charge is -2.14. The van der Waals surface area contributed by atoms with E-state index < -0.39 is 9.84 Å². The van der Waals surface area contributed by atoms with Crippen molar-refractivity contribution < 1.29 is 8.42 Å². The molecule has 1 fully saturated rings. The first-order valence-electron chi connectivity index (χ1n) is 11.4. The average Bonchev–Trinajstić information content (AvgIpc) is 3.49. The van der Waals surface area contributed by atoms with Gasteiger partial charge < -0.3 is 0 Å². The molecule has 0 bridgehead atoms. The first-order valence-corrected chi connectivity index (χ1v) is 14.1. The van der Waals surface area contributed by atoms with E-state index in [9.17, 15) is 8.42 Å². The Balaban J connectivity index is 1.58. The van der Waals surface area contributed by atoms with Crippen LogP contribution in [0.1, 0.15) is 24.1 Å². The van der Waals surface area contributed by atoms with Crippen LogP contribution in [-0.2, 0) is 16.4 Å². The molecule has 0 atom stereocenters. The molecule has 7 heteroatoms. The molecule has 5 rings (SSSR count). The molecule has 1 aliphatic heterocycles. The number of rotatable bonds is 6. The summed E-state index contributed by atoms with van der Waals surface area (Å²) in [6, 6.07) is 19.6. The fourth-order valence-corrected chi connectivity index (χ4v) is 6.07. The van der Waals surface area contributed by atoms with Crippen LogP contribution in [-0.4, -0.2) is 42.6 Å². The summed E-state index contributed by atoms with van der Waals surface area (Å²) in [7, 11) is -3.24. The van der Waals surface area contributed by atoms with Crippen molar-refractivity contribution in [2.24, 2.45) is 0 Å². The summed E-state index contributed by atoms with van der Waals surface area (Å²) < 4.78 is 23.7. The van der Waals surface area contributed by atoms with Gasteiger partial charge >= 0.3 is 0 Å². The number of aryl methyl sites for hydroxylation is 1. The Morgan fingerprint density at radius 1 is 0.941 bits per heavy atom. The Kier molecular flexibility index (Phi) is 6.34. The minimum atomic E-state index is -3.24. The van der Waals surface area contributed by atoms with E-state index in [1.165, 1.54) is 24.7 Å². The molecule has 3 heterocycles. The smallest absolute Gasteiger partial charge is 0.175 e. The van der Waals surface area contributed by atoms with Gasteiger partial charge in [-0.1, -0.05) is 35.9 Å². The van der Waals surface area contributed by atoms with E-state index in [-0.39, 0.29) is 0 Å². The number of hydrogen-bond acceptors (Lipinski definition) is 6. The highest BCUT2D eigenvalue weighted by Crippen LogP contribution is 2.41. The lowest BCUT2D eigenvalue weighted by Crippen LogP contribution is -2.19. The summed E-state index contributed by atoms with van der Waals surface area (Å²) >= 11 is 1.63. The maximum Gasteiger partial charge on any atom is 0.175 e. The number of likely N-dealkylation sites (tertiary alicyclic amines) is 1. The van der Waals surface area contributed by atoms with Gasteiger partial charge in [-0.15, -0.1) is 11.3 Å². The van der Waals surface area contributed by atoms with Crippen LogP contribution in [0.5, 0.6) is 0 Å². The molecule has 0 amide bonds. The van der Waals surface area contributed by atoms with Gasteiger partial charge in [0, 0.05) is 30.1 Å². The van der Waals surface area contributed by atoms with E-state index in [0.717, 1.165) is 57.6 Å². The van der Waals surface area contributed by atoms with Crippen LogP contribution < -0.4 is 0 Å². The van der Waals surface area contributed by atoms with Crippen LogP contribution in [0.2, 0.25) is 0 Å². The molecule has 1 saturated heterocycles. The van der Waals surface area contributed by atoms with Crippen LogP contribution in [0.25, 0.3) is 32.3 Å². The maximum atomic E-state index is 11.9. The molecule has 0 spiro atoms. The number of thiazole rings is 1. The van der Waals surface area contributed by atoms with Crippen molar-refractivity contribution in [3.05, 3.63) is 78.1 Å². The molecule has 2 aromatic heterocycles. The molecular weight excluding hydrogens is 462 g/mol. The highest BCUT2D eigenvalue weighted by Gasteiger charge is 2.19. The summed E-state index contributed by atoms with van der Waals surface area (Å²) in [6.45, 7) is 5.22. The topological polar surface area (TPSA) is 63.2 Å². The van der Waals surface area contributed by atoms with Gasteiger partial charge in [0.25, 0.3) is 0 Å². The van der Waals surface area contributed by atoms with Gasteiger partial charge in [-0.2, -0.15) is 0 Å². The van der Waals surface area contributed by atoms with Gasteiger partial charge in [-0.25, -0.2) is 13.4 Å². The number of sulfone groups is 1. The van der Waals surface area contributed by atoms with Crippen LogP contribution in [0, 0.1) is 6.92 Å². The van der Waals surface area contributed by atoms with E-state index in [1.54, 1.807) is 23.5 Å². The number of hydrogen-bond donors (Lipinski definition) is 0. The monoisotopic (exact) mass is 489 g/mol. The predicted octanol–water partition coefficient (Wildman–Crippen LogP) is 5.85. The van der Waals surface area contributed by atoms with Crippen LogP contribution in [0.15, 0.2) is 71.8 Å². The van der Waals surface area contributed by atoms with Crippen molar-refractivity contribution in [2.75, 3.05) is 19.3 Å². The molecule has 1 aliphatic rings. The van der Waals surface area contributed by atoms with Crippen molar-refractivity contribution in [1.82, 2.24) is 14.9 Å². The second kappa shape index (κ2) is 9.41. The van der Waals surface area contributed by atoms with Crippen LogP contribution in [0.4, 0.5) is 0 Å². The summed E-state index contributed by atoms with van der Waals surface area (Å²) in [5, 5.41) is 0.865. The Morgan fingerprint density at radius 2 is 1.71 bits per heavy atom. The summed E-state index contributed by atoms with van der Waals surface area (Å²) in [4.78, 5) is 13.5. The Morgan fingerprint density at radius 3 is 2.41 bits per heavy atom. The fraction of sp³-hybridized carbons (Fsp3) is 0.259. The standard InChI is InChI=1S/C27H27N3O2S2/c1-19-6-5-7-21(16-19)25-26(22-12-13-28-23(17-22)18-30-14-3-4-15-30)33-27(29-25)20-8-10-24(11-9-20)34(2,31)32/h5-13,16-17H,3-4,14-15,18H2,1-2H3. The van der Waals surface area contributed by atoms with Crippen LogP contribution in [0.3, 0.4) is 0 Å². The molecule has 0 N–H and O–H groups in total. The largest absolute Gasteiger partial charge is 0.298 e. The second-order valence-electron chi connectivity index (χ2n) is 8.88. The minimum absolute atomic E-state index is 0.313. The van der Waals surface area contributed by atoms with Gasteiger partial charge in [0.15, 0.2) is 9.84 Å². The number of nitrogens with zero attached hydrogens (tertiary/aromatic N) is 3. The SMILES string of the molecule is Cc1cccc(-c2nc(-c3ccc(S(C)(=O)=O)cc3)sc2-c2ccnc(CN3CCCC3)c2)c1. The second-order valence-corrected chi connectivity index (χ2v) is 11.9. The average molecular weight is 490 g/mol. The van der Waals surface area contributed by atoms with E-state index >= 15 is 0 Å². The first kappa shape index (κ1) is 22.9. The Labute approximate surface area is 205 Å². The zero-order valence-electron chi connectivity index (χ0n) is 19.4. The molecule has 0 saturated carbocycles. The quantitative estimate of drug-likeness (QED) is 0.340. The predicted molar refractivity (Wildman–Crippen MR) is 139 cm³/mol. The Hall–Kier alpha value is -2.87. The van der Waals surface area contributed by atoms with Gasteiger partial charge in [-0.05, 0) is 68.8 Å². The summed E-state index contributed by atoms with van der Waals surface area (Å²) in [5.41, 5.74) is 6.28. The van der Waals surface area contributed by atoms with Gasteiger partial charge in [0.05, 0.1) is 21.2 Å². The number of aromatic nitrogens is 2. The molecule has 174 valence electrons. The van der Waals surface area contributed by atoms with Crippen LogP contribution >= 0.6 is 11.3 Å². The summed E-state index contributed by atoms with van der Waals surface area (Å²) in [5.74, 6) is 0. The maximum absolute atomic E-state index is 11.9. The van der Waals surface area contributed by atoms with Gasteiger partial charge in [0.2, 0.25) is 0 Å². The van der Waals surface area contributed by atoms with Crippen molar-refractivity contribution in [3.63, 3.8) is 0 Å². The molecule has 34 heavy (non-hydrogen) atoms. The Bertz CT molecular complexity index is 1420. The van der Waals surface area contributed by atoms with E-state index in [1.807, 2.05) is 18.3 Å².